The van der Waals surface area contributed by atoms with Crippen LogP contribution in [-0.4, -0.2) is 4.98 Å². The first-order valence-electron chi connectivity index (χ1n) is 5.74. The molecule has 0 spiro atoms. The summed E-state index contributed by atoms with van der Waals surface area (Å²) < 4.78 is 0. The molecule has 0 fully saturated rings. The van der Waals surface area contributed by atoms with E-state index in [9.17, 15) is 0 Å². The van der Waals surface area contributed by atoms with Gasteiger partial charge >= 0.3 is 0 Å². The predicted molar refractivity (Wildman–Crippen MR) is 76.0 cm³/mol. The Labute approximate surface area is 117 Å². The smallest absolute Gasteiger partial charge is 0.0454 e. The quantitative estimate of drug-likeness (QED) is 0.906. The van der Waals surface area contributed by atoms with Gasteiger partial charge in [0.05, 0.1) is 0 Å². The van der Waals surface area contributed by atoms with Crippen LogP contribution in [-0.2, 0) is 6.54 Å². The van der Waals surface area contributed by atoms with Gasteiger partial charge in [0, 0.05) is 35.0 Å². The maximum Gasteiger partial charge on any atom is 0.0454 e. The van der Waals surface area contributed by atoms with Crippen molar-refractivity contribution in [2.24, 2.45) is 0 Å². The van der Waals surface area contributed by atoms with Crippen LogP contribution in [0, 0.1) is 0 Å². The maximum atomic E-state index is 6.16. The Hall–Kier alpha value is -1.09. The summed E-state index contributed by atoms with van der Waals surface area (Å²) in [7, 11) is 0. The molecule has 94 valence electrons. The lowest BCUT2D eigenvalue weighted by molar-refractivity contribution is 0.574. The summed E-state index contributed by atoms with van der Waals surface area (Å²) in [5.41, 5.74) is 2.20. The zero-order valence-corrected chi connectivity index (χ0v) is 11.5. The molecule has 1 heterocycles. The second-order valence-electron chi connectivity index (χ2n) is 4.12. The number of hydrogen-bond acceptors (Lipinski definition) is 2. The van der Waals surface area contributed by atoms with E-state index in [0.29, 0.717) is 5.02 Å². The molecule has 1 aromatic carbocycles. The molecule has 0 saturated heterocycles. The van der Waals surface area contributed by atoms with Crippen molar-refractivity contribution in [3.8, 4) is 0 Å². The molecule has 0 aliphatic rings. The highest BCUT2D eigenvalue weighted by atomic mass is 35.5. The second-order valence-corrected chi connectivity index (χ2v) is 4.97. The Bertz CT molecular complexity index is 514. The van der Waals surface area contributed by atoms with Crippen LogP contribution >= 0.6 is 23.2 Å². The van der Waals surface area contributed by atoms with E-state index in [2.05, 4.69) is 17.2 Å². The lowest BCUT2D eigenvalue weighted by Crippen LogP contribution is -2.18. The van der Waals surface area contributed by atoms with Crippen molar-refractivity contribution < 1.29 is 0 Å². The summed E-state index contributed by atoms with van der Waals surface area (Å²) in [5, 5.41) is 4.84. The Morgan fingerprint density at radius 1 is 1.17 bits per heavy atom. The van der Waals surface area contributed by atoms with Gasteiger partial charge in [0.1, 0.15) is 0 Å². The van der Waals surface area contributed by atoms with Gasteiger partial charge < -0.3 is 5.32 Å². The number of rotatable bonds is 4. The fourth-order valence-electron chi connectivity index (χ4n) is 1.73. The third-order valence-electron chi connectivity index (χ3n) is 2.79. The zero-order chi connectivity index (χ0) is 13.0. The zero-order valence-electron chi connectivity index (χ0n) is 10.0. The molecular weight excluding hydrogens is 267 g/mol. The topological polar surface area (TPSA) is 24.9 Å². The summed E-state index contributed by atoms with van der Waals surface area (Å²) in [4.78, 5) is 3.99. The molecule has 2 nitrogen and oxygen atoms in total. The molecule has 4 heteroatoms. The fourth-order valence-corrected chi connectivity index (χ4v) is 2.19. The van der Waals surface area contributed by atoms with Gasteiger partial charge in [-0.1, -0.05) is 23.2 Å². The lowest BCUT2D eigenvalue weighted by atomic mass is 10.1. The van der Waals surface area contributed by atoms with E-state index < -0.39 is 0 Å². The van der Waals surface area contributed by atoms with Gasteiger partial charge in [0.2, 0.25) is 0 Å². The van der Waals surface area contributed by atoms with Gasteiger partial charge in [0.15, 0.2) is 0 Å². The van der Waals surface area contributed by atoms with E-state index in [0.717, 1.165) is 17.1 Å². The molecule has 0 unspecified atom stereocenters. The Morgan fingerprint density at radius 3 is 2.61 bits per heavy atom. The minimum Gasteiger partial charge on any atom is -0.306 e. The van der Waals surface area contributed by atoms with Crippen molar-refractivity contribution in [2.75, 3.05) is 0 Å². The van der Waals surface area contributed by atoms with Gasteiger partial charge in [-0.25, -0.2) is 0 Å². The number of nitrogens with zero attached hydrogens (tertiary/aromatic N) is 1. The molecule has 0 amide bonds. The molecule has 0 radical (unpaired) electrons. The molecule has 0 aliphatic carbocycles. The van der Waals surface area contributed by atoms with E-state index in [4.69, 9.17) is 23.2 Å². The first-order valence-corrected chi connectivity index (χ1v) is 6.49. The second kappa shape index (κ2) is 6.19. The summed E-state index contributed by atoms with van der Waals surface area (Å²) in [6.07, 6.45) is 3.57. The summed E-state index contributed by atoms with van der Waals surface area (Å²) in [5.74, 6) is 0. The number of benzene rings is 1. The van der Waals surface area contributed by atoms with Crippen LogP contribution in [0.2, 0.25) is 10.0 Å². The highest BCUT2D eigenvalue weighted by Gasteiger charge is 2.09. The molecule has 1 atom stereocenters. The molecule has 0 aliphatic heterocycles. The van der Waals surface area contributed by atoms with Crippen molar-refractivity contribution in [2.45, 2.75) is 19.5 Å². The Morgan fingerprint density at radius 2 is 1.89 bits per heavy atom. The van der Waals surface area contributed by atoms with Gasteiger partial charge in [0.25, 0.3) is 0 Å². The van der Waals surface area contributed by atoms with Crippen LogP contribution in [0.1, 0.15) is 24.1 Å². The first kappa shape index (κ1) is 13.3. The normalized spacial score (nSPS) is 12.4. The van der Waals surface area contributed by atoms with E-state index in [1.807, 2.05) is 24.3 Å². The van der Waals surface area contributed by atoms with E-state index in [-0.39, 0.29) is 6.04 Å². The minimum atomic E-state index is 0.143. The molecule has 1 N–H and O–H groups in total. The largest absolute Gasteiger partial charge is 0.306 e. The number of pyridine rings is 1. The summed E-state index contributed by atoms with van der Waals surface area (Å²) in [6, 6.07) is 9.63. The van der Waals surface area contributed by atoms with Crippen molar-refractivity contribution in [3.63, 3.8) is 0 Å². The third-order valence-corrected chi connectivity index (χ3v) is 3.37. The molecule has 0 bridgehead atoms. The van der Waals surface area contributed by atoms with Crippen LogP contribution in [0.25, 0.3) is 0 Å². The maximum absolute atomic E-state index is 6.16. The SMILES string of the molecule is C[C@@H](NCc1ccncc1)c1cc(Cl)ccc1Cl. The minimum absolute atomic E-state index is 0.143. The van der Waals surface area contributed by atoms with Crippen LogP contribution in [0.4, 0.5) is 0 Å². The predicted octanol–water partition coefficient (Wildman–Crippen LogP) is 4.24. The van der Waals surface area contributed by atoms with Gasteiger partial charge in [-0.15, -0.1) is 0 Å². The fraction of sp³-hybridized carbons (Fsp3) is 0.214. The Balaban J connectivity index is 2.03. The molecule has 1 aromatic heterocycles. The van der Waals surface area contributed by atoms with Crippen molar-refractivity contribution in [3.05, 3.63) is 63.9 Å². The van der Waals surface area contributed by atoms with Gasteiger partial charge in [-0.05, 0) is 48.4 Å². The number of hydrogen-bond donors (Lipinski definition) is 1. The number of nitrogens with one attached hydrogen (secondary N) is 1. The third kappa shape index (κ3) is 3.45. The molecular formula is C14H14Cl2N2. The van der Waals surface area contributed by atoms with E-state index >= 15 is 0 Å². The van der Waals surface area contributed by atoms with Gasteiger partial charge in [-0.2, -0.15) is 0 Å². The lowest BCUT2D eigenvalue weighted by Gasteiger charge is -2.16. The van der Waals surface area contributed by atoms with E-state index in [1.165, 1.54) is 5.56 Å². The van der Waals surface area contributed by atoms with Crippen LogP contribution in [0.15, 0.2) is 42.7 Å². The summed E-state index contributed by atoms with van der Waals surface area (Å²) >= 11 is 12.1. The van der Waals surface area contributed by atoms with Crippen LogP contribution < -0.4 is 5.32 Å². The van der Waals surface area contributed by atoms with Gasteiger partial charge in [-0.3, -0.25) is 4.98 Å². The van der Waals surface area contributed by atoms with Crippen LogP contribution in [0.3, 0.4) is 0 Å². The highest BCUT2D eigenvalue weighted by molar-refractivity contribution is 6.33. The van der Waals surface area contributed by atoms with Crippen molar-refractivity contribution in [1.82, 2.24) is 10.3 Å². The molecule has 18 heavy (non-hydrogen) atoms. The van der Waals surface area contributed by atoms with Crippen LogP contribution in [0.5, 0.6) is 0 Å². The van der Waals surface area contributed by atoms with Crippen molar-refractivity contribution in [1.29, 1.82) is 0 Å². The number of halogens is 2. The molecule has 0 saturated carbocycles. The monoisotopic (exact) mass is 280 g/mol. The van der Waals surface area contributed by atoms with Crippen molar-refractivity contribution >= 4 is 23.2 Å². The molecule has 2 aromatic rings. The average molecular weight is 281 g/mol. The Kier molecular flexibility index (Phi) is 4.59. The van der Waals surface area contributed by atoms with E-state index in [1.54, 1.807) is 18.5 Å². The average Bonchev–Trinajstić information content (AvgIpc) is 2.40. The summed E-state index contributed by atoms with van der Waals surface area (Å²) in [6.45, 7) is 2.84. The molecule has 2 rings (SSSR count). The standard InChI is InChI=1S/C14H14Cl2N2/c1-10(13-8-12(15)2-3-14(13)16)18-9-11-4-6-17-7-5-11/h2-8,10,18H,9H2,1H3/t10-/m1/s1. The number of aromatic nitrogens is 1. The highest BCUT2D eigenvalue weighted by Crippen LogP contribution is 2.26. The first-order chi connectivity index (χ1) is 8.66.